The molecule has 26 heavy (non-hydrogen) atoms. The van der Waals surface area contributed by atoms with Crippen molar-refractivity contribution in [2.45, 2.75) is 25.2 Å². The molecule has 0 spiro atoms. The van der Waals surface area contributed by atoms with E-state index in [2.05, 4.69) is 10.1 Å². The van der Waals surface area contributed by atoms with Crippen molar-refractivity contribution in [1.29, 1.82) is 0 Å². The molecule has 2 aliphatic rings. The number of hydrogen-bond acceptors (Lipinski definition) is 5. The summed E-state index contributed by atoms with van der Waals surface area (Å²) in [6.45, 7) is 0.205. The predicted molar refractivity (Wildman–Crippen MR) is 81.8 cm³/mol. The summed E-state index contributed by atoms with van der Waals surface area (Å²) in [6.07, 6.45) is -1.96. The Morgan fingerprint density at radius 3 is 2.46 bits per heavy atom. The molecular weight excluding hydrogens is 356 g/mol. The van der Waals surface area contributed by atoms with Gasteiger partial charge in [0, 0.05) is 30.4 Å². The number of halogens is 4. The summed E-state index contributed by atoms with van der Waals surface area (Å²) in [5, 5.41) is 22.0. The van der Waals surface area contributed by atoms with Gasteiger partial charge in [0.2, 0.25) is 0 Å². The zero-order valence-electron chi connectivity index (χ0n) is 13.4. The third-order valence-electron chi connectivity index (χ3n) is 5.01. The van der Waals surface area contributed by atoms with Crippen LogP contribution in [0.1, 0.15) is 29.5 Å². The van der Waals surface area contributed by atoms with E-state index in [1.165, 1.54) is 29.2 Å². The normalized spacial score (nSPS) is 23.8. The zero-order valence-corrected chi connectivity index (χ0v) is 13.4. The van der Waals surface area contributed by atoms with Gasteiger partial charge < -0.3 is 15.1 Å². The van der Waals surface area contributed by atoms with Crippen LogP contribution < -0.4 is 4.90 Å². The summed E-state index contributed by atoms with van der Waals surface area (Å²) in [5.74, 6) is -3.81. The molecule has 2 unspecified atom stereocenters. The molecule has 0 aromatic carbocycles. The van der Waals surface area contributed by atoms with Crippen LogP contribution in [0.4, 0.5) is 23.4 Å². The smallest absolute Gasteiger partial charge is 0.280 e. The molecule has 2 atom stereocenters. The van der Waals surface area contributed by atoms with Gasteiger partial charge in [-0.25, -0.2) is 22.5 Å². The van der Waals surface area contributed by atoms with E-state index in [9.17, 15) is 17.6 Å². The number of nitrogens with zero attached hydrogens (tertiary/aromatic N) is 4. The SMILES string of the molecule is OC(O)c1cnn(Cc2ccc(N3CC4C(C3)C4(F)F)nc2C(F)F)c1. The Balaban J connectivity index is 1.54. The fourth-order valence-corrected chi connectivity index (χ4v) is 3.46. The van der Waals surface area contributed by atoms with Crippen molar-refractivity contribution in [2.24, 2.45) is 11.8 Å². The second-order valence-corrected chi connectivity index (χ2v) is 6.65. The van der Waals surface area contributed by atoms with Gasteiger partial charge in [-0.2, -0.15) is 5.10 Å². The minimum atomic E-state index is -2.83. The second kappa shape index (κ2) is 5.92. The first-order valence-corrected chi connectivity index (χ1v) is 8.06. The first-order chi connectivity index (χ1) is 12.3. The highest BCUT2D eigenvalue weighted by Gasteiger charge is 2.71. The van der Waals surface area contributed by atoms with E-state index >= 15 is 0 Å². The van der Waals surface area contributed by atoms with Gasteiger partial charge in [0.25, 0.3) is 12.3 Å². The number of anilines is 1. The largest absolute Gasteiger partial charge is 0.364 e. The van der Waals surface area contributed by atoms with E-state index in [1.54, 1.807) is 4.90 Å². The van der Waals surface area contributed by atoms with Gasteiger partial charge in [-0.15, -0.1) is 0 Å². The Morgan fingerprint density at radius 1 is 1.19 bits per heavy atom. The van der Waals surface area contributed by atoms with Crippen molar-refractivity contribution < 1.29 is 27.8 Å². The first kappa shape index (κ1) is 17.2. The van der Waals surface area contributed by atoms with Gasteiger partial charge in [-0.1, -0.05) is 6.07 Å². The number of aromatic nitrogens is 3. The molecule has 10 heteroatoms. The summed E-state index contributed by atoms with van der Waals surface area (Å²) in [7, 11) is 0. The quantitative estimate of drug-likeness (QED) is 0.620. The van der Waals surface area contributed by atoms with Crippen LogP contribution in [0.25, 0.3) is 0 Å². The van der Waals surface area contributed by atoms with E-state index in [0.29, 0.717) is 0 Å². The molecule has 2 N–H and O–H groups in total. The summed E-state index contributed by atoms with van der Waals surface area (Å²) in [5.41, 5.74) is -0.0673. The van der Waals surface area contributed by atoms with E-state index in [1.807, 2.05) is 0 Å². The van der Waals surface area contributed by atoms with Crippen molar-refractivity contribution in [3.63, 3.8) is 0 Å². The van der Waals surface area contributed by atoms with Crippen LogP contribution in [0, 0.1) is 11.8 Å². The van der Waals surface area contributed by atoms with Crippen molar-refractivity contribution in [3.05, 3.63) is 41.3 Å². The number of piperidine rings is 1. The zero-order chi connectivity index (χ0) is 18.6. The Labute approximate surface area is 145 Å². The Bertz CT molecular complexity index is 812. The number of aliphatic hydroxyl groups excluding tert-OH is 1. The summed E-state index contributed by atoms with van der Waals surface area (Å²) < 4.78 is 54.7. The van der Waals surface area contributed by atoms with Gasteiger partial charge in [0.1, 0.15) is 11.5 Å². The minimum Gasteiger partial charge on any atom is -0.364 e. The summed E-state index contributed by atoms with van der Waals surface area (Å²) in [4.78, 5) is 5.59. The van der Waals surface area contributed by atoms with Crippen LogP contribution in [0.5, 0.6) is 0 Å². The highest BCUT2D eigenvalue weighted by Crippen LogP contribution is 2.59. The van der Waals surface area contributed by atoms with E-state index < -0.39 is 36.2 Å². The Hall–Kier alpha value is -2.20. The van der Waals surface area contributed by atoms with Gasteiger partial charge >= 0.3 is 0 Å². The van der Waals surface area contributed by atoms with Crippen LogP contribution in [-0.2, 0) is 6.54 Å². The molecular formula is C16H16F4N4O2. The highest BCUT2D eigenvalue weighted by molar-refractivity contribution is 5.46. The number of pyridine rings is 1. The topological polar surface area (TPSA) is 74.4 Å². The van der Waals surface area contributed by atoms with Crippen molar-refractivity contribution in [1.82, 2.24) is 14.8 Å². The summed E-state index contributed by atoms with van der Waals surface area (Å²) >= 11 is 0. The molecule has 2 aromatic heterocycles. The number of aliphatic hydroxyl groups is 2. The van der Waals surface area contributed by atoms with Crippen LogP contribution in [0.3, 0.4) is 0 Å². The predicted octanol–water partition coefficient (Wildman–Crippen LogP) is 1.95. The molecule has 1 aliphatic heterocycles. The maximum absolute atomic E-state index is 13.4. The van der Waals surface area contributed by atoms with E-state index in [-0.39, 0.29) is 36.6 Å². The van der Waals surface area contributed by atoms with Gasteiger partial charge in [-0.3, -0.25) is 4.68 Å². The van der Waals surface area contributed by atoms with Crippen molar-refractivity contribution in [3.8, 4) is 0 Å². The maximum Gasteiger partial charge on any atom is 0.280 e. The third-order valence-corrected chi connectivity index (χ3v) is 5.01. The van der Waals surface area contributed by atoms with Crippen LogP contribution in [-0.4, -0.2) is 44.0 Å². The second-order valence-electron chi connectivity index (χ2n) is 6.65. The van der Waals surface area contributed by atoms with Crippen molar-refractivity contribution in [2.75, 3.05) is 18.0 Å². The molecule has 0 amide bonds. The molecule has 2 fully saturated rings. The molecule has 3 heterocycles. The Morgan fingerprint density at radius 2 is 1.88 bits per heavy atom. The van der Waals surface area contributed by atoms with E-state index in [0.717, 1.165) is 0 Å². The van der Waals surface area contributed by atoms with E-state index in [4.69, 9.17) is 10.2 Å². The monoisotopic (exact) mass is 372 g/mol. The number of hydrogen-bond donors (Lipinski definition) is 2. The third kappa shape index (κ3) is 2.82. The fraction of sp³-hybridized carbons (Fsp3) is 0.500. The standard InChI is InChI=1S/C16H16F4N4O2/c17-14(18)13-8(4-24-5-9(3-21-24)15(25)26)1-2-12(22-13)23-6-10-11(7-23)16(10,19)20/h1-3,5,10-11,14-15,25-26H,4,6-7H2. The molecule has 1 aliphatic carbocycles. The molecule has 2 aromatic rings. The molecule has 0 radical (unpaired) electrons. The van der Waals surface area contributed by atoms with Gasteiger partial charge in [-0.05, 0) is 6.07 Å². The molecule has 1 saturated heterocycles. The van der Waals surface area contributed by atoms with Crippen LogP contribution in [0.15, 0.2) is 24.5 Å². The molecule has 6 nitrogen and oxygen atoms in total. The van der Waals surface area contributed by atoms with Crippen molar-refractivity contribution >= 4 is 5.82 Å². The lowest BCUT2D eigenvalue weighted by molar-refractivity contribution is -0.0425. The number of alkyl halides is 4. The number of fused-ring (bicyclic) bond motifs is 1. The molecule has 4 rings (SSSR count). The lowest BCUT2D eigenvalue weighted by Crippen LogP contribution is -2.28. The number of rotatable bonds is 5. The fourth-order valence-electron chi connectivity index (χ4n) is 3.46. The Kier molecular flexibility index (Phi) is 3.92. The average Bonchev–Trinajstić information content (AvgIpc) is 3.04. The van der Waals surface area contributed by atoms with Gasteiger partial charge in [0.15, 0.2) is 6.29 Å². The molecule has 140 valence electrons. The van der Waals surface area contributed by atoms with Gasteiger partial charge in [0.05, 0.1) is 24.6 Å². The van der Waals surface area contributed by atoms with Crippen LogP contribution >= 0.6 is 0 Å². The van der Waals surface area contributed by atoms with Crippen LogP contribution in [0.2, 0.25) is 0 Å². The minimum absolute atomic E-state index is 0.0248. The lowest BCUT2D eigenvalue weighted by Gasteiger charge is -2.22. The lowest BCUT2D eigenvalue weighted by atomic mass is 10.2. The maximum atomic E-state index is 13.4. The average molecular weight is 372 g/mol. The molecule has 1 saturated carbocycles. The molecule has 0 bridgehead atoms. The summed E-state index contributed by atoms with van der Waals surface area (Å²) in [6, 6.07) is 3.01. The highest BCUT2D eigenvalue weighted by atomic mass is 19.3. The first-order valence-electron chi connectivity index (χ1n) is 8.06.